The molecule has 8 heteroatoms. The van der Waals surface area contributed by atoms with Crippen LogP contribution in [0.1, 0.15) is 36.0 Å². The maximum absolute atomic E-state index is 12.1. The van der Waals surface area contributed by atoms with E-state index in [4.69, 9.17) is 0 Å². The Morgan fingerprint density at radius 1 is 1.15 bits per heavy atom. The minimum Gasteiger partial charge on any atom is -0.337 e. The summed E-state index contributed by atoms with van der Waals surface area (Å²) in [7, 11) is 0. The Morgan fingerprint density at radius 3 is 2.62 bits per heavy atom. The largest absolute Gasteiger partial charge is 0.337 e. The van der Waals surface area contributed by atoms with E-state index in [1.807, 2.05) is 11.8 Å². The van der Waals surface area contributed by atoms with Crippen molar-refractivity contribution in [2.24, 2.45) is 0 Å². The van der Waals surface area contributed by atoms with E-state index in [1.165, 1.54) is 37.0 Å². The standard InChI is InChI=1S/C18H22N4O2S2/c23-16(22-18-20-10-12-26-18)13-5-7-14(8-6-13)21-17(24)19-9-11-25-15-3-1-2-4-15/h5-8,10,12,15H,1-4,9,11H2,(H2,19,21,24)(H,20,22,23). The Hall–Kier alpha value is -2.06. The number of anilines is 2. The zero-order valence-corrected chi connectivity index (χ0v) is 16.0. The molecule has 3 N–H and O–H groups in total. The third-order valence-electron chi connectivity index (χ3n) is 4.10. The lowest BCUT2D eigenvalue weighted by molar-refractivity contribution is 0.102. The second kappa shape index (κ2) is 9.59. The molecule has 0 saturated heterocycles. The molecule has 1 aromatic carbocycles. The summed E-state index contributed by atoms with van der Waals surface area (Å²) in [6.45, 7) is 0.654. The molecule has 1 aliphatic carbocycles. The fourth-order valence-electron chi connectivity index (χ4n) is 2.78. The molecule has 3 rings (SSSR count). The molecular weight excluding hydrogens is 368 g/mol. The summed E-state index contributed by atoms with van der Waals surface area (Å²) in [5, 5.41) is 11.5. The van der Waals surface area contributed by atoms with Gasteiger partial charge in [0.2, 0.25) is 0 Å². The Bertz CT molecular complexity index is 713. The van der Waals surface area contributed by atoms with Crippen LogP contribution in [0.4, 0.5) is 15.6 Å². The fourth-order valence-corrected chi connectivity index (χ4v) is 4.52. The molecule has 0 spiro atoms. The molecule has 1 fully saturated rings. The van der Waals surface area contributed by atoms with Crippen LogP contribution in [0.3, 0.4) is 0 Å². The molecule has 1 heterocycles. The quantitative estimate of drug-likeness (QED) is 0.619. The molecule has 3 amide bonds. The van der Waals surface area contributed by atoms with Crippen molar-refractivity contribution in [1.29, 1.82) is 0 Å². The summed E-state index contributed by atoms with van der Waals surface area (Å²) in [5.74, 6) is 0.716. The second-order valence-electron chi connectivity index (χ2n) is 6.03. The SMILES string of the molecule is O=C(NCCSC1CCCC1)Nc1ccc(C(=O)Nc2nccs2)cc1. The molecule has 0 aliphatic heterocycles. The Kier molecular flexibility index (Phi) is 6.90. The van der Waals surface area contributed by atoms with Gasteiger partial charge in [0.05, 0.1) is 0 Å². The van der Waals surface area contributed by atoms with E-state index in [9.17, 15) is 9.59 Å². The molecule has 1 aromatic heterocycles. The lowest BCUT2D eigenvalue weighted by atomic mass is 10.2. The number of amides is 3. The molecule has 26 heavy (non-hydrogen) atoms. The predicted molar refractivity (Wildman–Crippen MR) is 108 cm³/mol. The van der Waals surface area contributed by atoms with Crippen LogP contribution in [0.5, 0.6) is 0 Å². The monoisotopic (exact) mass is 390 g/mol. The number of thioether (sulfide) groups is 1. The number of hydrogen-bond acceptors (Lipinski definition) is 5. The summed E-state index contributed by atoms with van der Waals surface area (Å²) >= 11 is 3.31. The number of nitrogens with zero attached hydrogens (tertiary/aromatic N) is 1. The average Bonchev–Trinajstić information content (AvgIpc) is 3.33. The summed E-state index contributed by atoms with van der Waals surface area (Å²) in [6, 6.07) is 6.55. The van der Waals surface area contributed by atoms with E-state index in [2.05, 4.69) is 20.9 Å². The Labute approximate surface area is 161 Å². The summed E-state index contributed by atoms with van der Waals surface area (Å²) in [5.41, 5.74) is 1.16. The van der Waals surface area contributed by atoms with Crippen molar-refractivity contribution in [3.63, 3.8) is 0 Å². The first-order valence-electron chi connectivity index (χ1n) is 8.68. The van der Waals surface area contributed by atoms with Crippen molar-refractivity contribution in [3.8, 4) is 0 Å². The first kappa shape index (κ1) is 18.7. The number of urea groups is 1. The third-order valence-corrected chi connectivity index (χ3v) is 6.17. The number of carbonyl (C=O) groups excluding carboxylic acids is 2. The topological polar surface area (TPSA) is 83.1 Å². The van der Waals surface area contributed by atoms with Crippen LogP contribution < -0.4 is 16.0 Å². The van der Waals surface area contributed by atoms with Gasteiger partial charge >= 0.3 is 6.03 Å². The Balaban J connectivity index is 1.38. The molecule has 0 atom stereocenters. The molecule has 0 radical (unpaired) electrons. The van der Waals surface area contributed by atoms with Crippen LogP contribution in [0.15, 0.2) is 35.8 Å². The number of hydrogen-bond donors (Lipinski definition) is 3. The van der Waals surface area contributed by atoms with Crippen molar-refractivity contribution in [3.05, 3.63) is 41.4 Å². The molecular formula is C18H22N4O2S2. The molecule has 2 aromatic rings. The molecule has 0 unspecified atom stereocenters. The highest BCUT2D eigenvalue weighted by Crippen LogP contribution is 2.28. The lowest BCUT2D eigenvalue weighted by Gasteiger charge is -2.10. The van der Waals surface area contributed by atoms with Crippen molar-refractivity contribution in [2.75, 3.05) is 22.9 Å². The average molecular weight is 391 g/mol. The van der Waals surface area contributed by atoms with E-state index < -0.39 is 0 Å². The third kappa shape index (κ3) is 5.74. The zero-order chi connectivity index (χ0) is 18.2. The van der Waals surface area contributed by atoms with Gasteiger partial charge in [-0.05, 0) is 37.1 Å². The maximum atomic E-state index is 12.1. The highest BCUT2D eigenvalue weighted by molar-refractivity contribution is 7.99. The van der Waals surface area contributed by atoms with E-state index in [-0.39, 0.29) is 11.9 Å². The van der Waals surface area contributed by atoms with Crippen molar-refractivity contribution in [1.82, 2.24) is 10.3 Å². The number of carbonyl (C=O) groups is 2. The minimum atomic E-state index is -0.225. The summed E-state index contributed by atoms with van der Waals surface area (Å²) in [6.07, 6.45) is 6.92. The van der Waals surface area contributed by atoms with Crippen LogP contribution in [0, 0.1) is 0 Å². The molecule has 1 saturated carbocycles. The number of nitrogens with one attached hydrogen (secondary N) is 3. The van der Waals surface area contributed by atoms with Gasteiger partial charge in [0.25, 0.3) is 5.91 Å². The summed E-state index contributed by atoms with van der Waals surface area (Å²) < 4.78 is 0. The van der Waals surface area contributed by atoms with Gasteiger partial charge in [0.1, 0.15) is 0 Å². The number of rotatable bonds is 7. The number of thiazole rings is 1. The van der Waals surface area contributed by atoms with Gasteiger partial charge in [-0.15, -0.1) is 11.3 Å². The normalized spacial score (nSPS) is 14.2. The molecule has 1 aliphatic rings. The van der Waals surface area contributed by atoms with E-state index in [0.29, 0.717) is 22.9 Å². The van der Waals surface area contributed by atoms with Gasteiger partial charge in [0, 0.05) is 40.4 Å². The fraction of sp³-hybridized carbons (Fsp3) is 0.389. The van der Waals surface area contributed by atoms with Gasteiger partial charge in [-0.1, -0.05) is 12.8 Å². The van der Waals surface area contributed by atoms with Gasteiger partial charge in [-0.3, -0.25) is 10.1 Å². The van der Waals surface area contributed by atoms with Crippen LogP contribution in [-0.4, -0.2) is 34.5 Å². The number of benzene rings is 1. The van der Waals surface area contributed by atoms with E-state index in [1.54, 1.807) is 35.8 Å². The van der Waals surface area contributed by atoms with Gasteiger partial charge in [0.15, 0.2) is 5.13 Å². The highest BCUT2D eigenvalue weighted by atomic mass is 32.2. The van der Waals surface area contributed by atoms with Crippen LogP contribution in [0.25, 0.3) is 0 Å². The van der Waals surface area contributed by atoms with Gasteiger partial charge in [-0.2, -0.15) is 11.8 Å². The number of aromatic nitrogens is 1. The van der Waals surface area contributed by atoms with E-state index >= 15 is 0 Å². The predicted octanol–water partition coefficient (Wildman–Crippen LogP) is 4.19. The molecule has 6 nitrogen and oxygen atoms in total. The Morgan fingerprint density at radius 2 is 1.92 bits per heavy atom. The van der Waals surface area contributed by atoms with Gasteiger partial charge in [-0.25, -0.2) is 9.78 Å². The van der Waals surface area contributed by atoms with Crippen molar-refractivity contribution in [2.45, 2.75) is 30.9 Å². The van der Waals surface area contributed by atoms with Crippen LogP contribution >= 0.6 is 23.1 Å². The maximum Gasteiger partial charge on any atom is 0.319 e. The van der Waals surface area contributed by atoms with Crippen molar-refractivity contribution < 1.29 is 9.59 Å². The minimum absolute atomic E-state index is 0.222. The summed E-state index contributed by atoms with van der Waals surface area (Å²) in [4.78, 5) is 28.0. The van der Waals surface area contributed by atoms with Gasteiger partial charge < -0.3 is 10.6 Å². The van der Waals surface area contributed by atoms with E-state index in [0.717, 1.165) is 11.0 Å². The molecule has 0 bridgehead atoms. The molecule has 138 valence electrons. The first-order chi connectivity index (χ1) is 12.7. The lowest BCUT2D eigenvalue weighted by Crippen LogP contribution is -2.30. The highest BCUT2D eigenvalue weighted by Gasteiger charge is 2.14. The van der Waals surface area contributed by atoms with Crippen molar-refractivity contribution >= 4 is 45.9 Å². The second-order valence-corrected chi connectivity index (χ2v) is 8.33. The smallest absolute Gasteiger partial charge is 0.319 e. The zero-order valence-electron chi connectivity index (χ0n) is 14.4. The van der Waals surface area contributed by atoms with Crippen LogP contribution in [0.2, 0.25) is 0 Å². The first-order valence-corrected chi connectivity index (χ1v) is 10.6. The van der Waals surface area contributed by atoms with Crippen LogP contribution in [-0.2, 0) is 0 Å².